The van der Waals surface area contributed by atoms with Crippen LogP contribution in [0.2, 0.25) is 0 Å². The van der Waals surface area contributed by atoms with E-state index in [9.17, 15) is 0 Å². The fourth-order valence-electron chi connectivity index (χ4n) is 1.05. The third kappa shape index (κ3) is 3.42. The number of para-hydroxylation sites is 1. The minimum atomic E-state index is -0.723. The first kappa shape index (κ1) is 11.8. The molecule has 0 aliphatic carbocycles. The van der Waals surface area contributed by atoms with Crippen LogP contribution in [0.5, 0.6) is 11.5 Å². The van der Waals surface area contributed by atoms with Gasteiger partial charge in [-0.1, -0.05) is 12.1 Å². The van der Waals surface area contributed by atoms with Crippen LogP contribution in [-0.2, 0) is 9.47 Å². The second kappa shape index (κ2) is 6.27. The van der Waals surface area contributed by atoms with E-state index in [1.807, 2.05) is 6.92 Å². The molecule has 1 atom stereocenters. The molecule has 0 fully saturated rings. The van der Waals surface area contributed by atoms with Gasteiger partial charge in [0.15, 0.2) is 11.5 Å². The number of hydrogen-bond acceptors (Lipinski definition) is 4. The fraction of sp³-hybridized carbons (Fsp3) is 0.455. The Morgan fingerprint density at radius 3 is 2.80 bits per heavy atom. The Morgan fingerprint density at radius 1 is 1.40 bits per heavy atom. The van der Waals surface area contributed by atoms with Gasteiger partial charge in [-0.15, -0.1) is 0 Å². The van der Waals surface area contributed by atoms with E-state index in [2.05, 4.69) is 6.07 Å². The van der Waals surface area contributed by atoms with Crippen LogP contribution in [0.25, 0.3) is 0 Å². The van der Waals surface area contributed by atoms with Crippen LogP contribution < -0.4 is 9.47 Å². The molecule has 1 aromatic carbocycles. The van der Waals surface area contributed by atoms with Gasteiger partial charge in [0.1, 0.15) is 0 Å². The maximum absolute atomic E-state index is 5.43. The molecular weight excluding hydrogens is 196 g/mol. The van der Waals surface area contributed by atoms with Crippen molar-refractivity contribution in [3.63, 3.8) is 0 Å². The first-order valence-electron chi connectivity index (χ1n) is 4.67. The molecule has 1 unspecified atom stereocenters. The third-order valence-electron chi connectivity index (χ3n) is 1.70. The topological polar surface area (TPSA) is 36.9 Å². The average Bonchev–Trinajstić information content (AvgIpc) is 2.29. The Morgan fingerprint density at radius 2 is 2.20 bits per heavy atom. The van der Waals surface area contributed by atoms with Gasteiger partial charge in [-0.05, 0) is 13.0 Å². The van der Waals surface area contributed by atoms with E-state index in [4.69, 9.17) is 18.9 Å². The van der Waals surface area contributed by atoms with E-state index in [-0.39, 0.29) is 0 Å². The Kier molecular flexibility index (Phi) is 4.93. The lowest BCUT2D eigenvalue weighted by atomic mass is 10.3. The van der Waals surface area contributed by atoms with E-state index in [1.54, 1.807) is 25.3 Å². The van der Waals surface area contributed by atoms with E-state index in [1.165, 1.54) is 7.11 Å². The molecule has 0 N–H and O–H groups in total. The maximum Gasteiger partial charge on any atom is 0.315 e. The smallest absolute Gasteiger partial charge is 0.315 e. The highest BCUT2D eigenvalue weighted by molar-refractivity contribution is 5.38. The van der Waals surface area contributed by atoms with Crippen LogP contribution in [0.1, 0.15) is 6.92 Å². The van der Waals surface area contributed by atoms with Crippen LogP contribution in [0.3, 0.4) is 0 Å². The summed E-state index contributed by atoms with van der Waals surface area (Å²) >= 11 is 0. The Hall–Kier alpha value is -1.26. The SMILES string of the molecule is CCOC(OC)Oc1ccc[c]c1OC. The minimum Gasteiger partial charge on any atom is -0.492 e. The summed E-state index contributed by atoms with van der Waals surface area (Å²) < 4.78 is 20.7. The number of ether oxygens (including phenoxy) is 4. The van der Waals surface area contributed by atoms with Crippen LogP contribution in [0, 0.1) is 6.07 Å². The summed E-state index contributed by atoms with van der Waals surface area (Å²) in [5.41, 5.74) is 0. The van der Waals surface area contributed by atoms with Crippen molar-refractivity contribution in [2.45, 2.75) is 13.4 Å². The lowest BCUT2D eigenvalue weighted by Gasteiger charge is -2.17. The molecule has 4 nitrogen and oxygen atoms in total. The average molecular weight is 211 g/mol. The molecule has 0 saturated heterocycles. The fourth-order valence-corrected chi connectivity index (χ4v) is 1.05. The largest absolute Gasteiger partial charge is 0.492 e. The second-order valence-electron chi connectivity index (χ2n) is 2.67. The summed E-state index contributed by atoms with van der Waals surface area (Å²) in [7, 11) is 3.07. The van der Waals surface area contributed by atoms with Gasteiger partial charge >= 0.3 is 6.48 Å². The Bertz CT molecular complexity index is 288. The van der Waals surface area contributed by atoms with Crippen LogP contribution in [0.4, 0.5) is 0 Å². The number of hydrogen-bond donors (Lipinski definition) is 0. The first-order chi connectivity index (χ1) is 7.31. The van der Waals surface area contributed by atoms with E-state index >= 15 is 0 Å². The number of methoxy groups -OCH3 is 2. The van der Waals surface area contributed by atoms with Crippen molar-refractivity contribution in [3.05, 3.63) is 24.3 Å². The molecule has 0 aromatic heterocycles. The zero-order chi connectivity index (χ0) is 11.1. The van der Waals surface area contributed by atoms with Crippen molar-refractivity contribution in [3.8, 4) is 11.5 Å². The Balaban J connectivity index is 2.69. The lowest BCUT2D eigenvalue weighted by molar-refractivity contribution is -0.231. The Labute approximate surface area is 89.7 Å². The predicted molar refractivity (Wildman–Crippen MR) is 54.9 cm³/mol. The molecule has 0 spiro atoms. The normalized spacial score (nSPS) is 12.2. The quantitative estimate of drug-likeness (QED) is 0.673. The summed E-state index contributed by atoms with van der Waals surface area (Å²) in [6.45, 7) is 1.65. The lowest BCUT2D eigenvalue weighted by Crippen LogP contribution is -2.22. The molecule has 0 amide bonds. The van der Waals surface area contributed by atoms with Gasteiger partial charge in [-0.3, -0.25) is 0 Å². The van der Waals surface area contributed by atoms with E-state index < -0.39 is 6.48 Å². The zero-order valence-corrected chi connectivity index (χ0v) is 9.15. The van der Waals surface area contributed by atoms with Gasteiger partial charge in [0, 0.05) is 13.2 Å². The molecule has 1 rings (SSSR count). The highest BCUT2D eigenvalue weighted by Gasteiger charge is 2.11. The molecule has 15 heavy (non-hydrogen) atoms. The zero-order valence-electron chi connectivity index (χ0n) is 9.15. The third-order valence-corrected chi connectivity index (χ3v) is 1.70. The molecular formula is C11H15O4. The number of benzene rings is 1. The summed E-state index contributed by atoms with van der Waals surface area (Å²) in [5, 5.41) is 0. The summed E-state index contributed by atoms with van der Waals surface area (Å²) in [4.78, 5) is 0. The molecule has 0 heterocycles. The van der Waals surface area contributed by atoms with Gasteiger partial charge in [0.25, 0.3) is 0 Å². The van der Waals surface area contributed by atoms with Crippen molar-refractivity contribution >= 4 is 0 Å². The molecule has 0 bridgehead atoms. The van der Waals surface area contributed by atoms with Crippen molar-refractivity contribution < 1.29 is 18.9 Å². The van der Waals surface area contributed by atoms with E-state index in [0.29, 0.717) is 18.1 Å². The van der Waals surface area contributed by atoms with Gasteiger partial charge < -0.3 is 18.9 Å². The van der Waals surface area contributed by atoms with E-state index in [0.717, 1.165) is 0 Å². The van der Waals surface area contributed by atoms with Gasteiger partial charge in [0.2, 0.25) is 0 Å². The highest BCUT2D eigenvalue weighted by Crippen LogP contribution is 2.26. The molecule has 0 aliphatic rings. The highest BCUT2D eigenvalue weighted by atomic mass is 16.8. The van der Waals surface area contributed by atoms with Gasteiger partial charge in [-0.2, -0.15) is 0 Å². The molecule has 83 valence electrons. The standard InChI is InChI=1S/C11H15O4/c1-4-14-11(13-3)15-10-8-6-5-7-9(10)12-2/h5-6,8,11H,4H2,1-3H3. The van der Waals surface area contributed by atoms with Crippen molar-refractivity contribution in [2.75, 3.05) is 20.8 Å². The predicted octanol–water partition coefficient (Wildman–Crippen LogP) is 1.84. The molecule has 1 radical (unpaired) electrons. The van der Waals surface area contributed by atoms with Crippen LogP contribution >= 0.6 is 0 Å². The minimum absolute atomic E-state index is 0.511. The molecule has 0 saturated carbocycles. The van der Waals surface area contributed by atoms with Crippen molar-refractivity contribution in [1.82, 2.24) is 0 Å². The monoisotopic (exact) mass is 211 g/mol. The van der Waals surface area contributed by atoms with Crippen LogP contribution in [0.15, 0.2) is 18.2 Å². The molecule has 1 aromatic rings. The molecule has 4 heteroatoms. The molecule has 0 aliphatic heterocycles. The summed E-state index contributed by atoms with van der Waals surface area (Å²) in [5.74, 6) is 1.07. The van der Waals surface area contributed by atoms with Crippen molar-refractivity contribution in [2.24, 2.45) is 0 Å². The second-order valence-corrected chi connectivity index (χ2v) is 2.67. The number of rotatable bonds is 6. The van der Waals surface area contributed by atoms with Crippen LogP contribution in [-0.4, -0.2) is 27.3 Å². The summed E-state index contributed by atoms with van der Waals surface area (Å²) in [6, 6.07) is 8.21. The van der Waals surface area contributed by atoms with Crippen molar-refractivity contribution in [1.29, 1.82) is 0 Å². The summed E-state index contributed by atoms with van der Waals surface area (Å²) in [6.07, 6.45) is 0. The van der Waals surface area contributed by atoms with Gasteiger partial charge in [-0.25, -0.2) is 0 Å². The maximum atomic E-state index is 5.43. The first-order valence-corrected chi connectivity index (χ1v) is 4.67. The van der Waals surface area contributed by atoms with Gasteiger partial charge in [0.05, 0.1) is 13.7 Å².